The highest BCUT2D eigenvalue weighted by molar-refractivity contribution is 6.30. The number of halogens is 1. The van der Waals surface area contributed by atoms with Crippen LogP contribution in [-0.4, -0.2) is 5.91 Å². The Morgan fingerprint density at radius 3 is 2.53 bits per heavy atom. The summed E-state index contributed by atoms with van der Waals surface area (Å²) in [6.45, 7) is 0.231. The zero-order valence-corrected chi connectivity index (χ0v) is 9.61. The molecule has 88 valence electrons. The molecule has 2 aromatic rings. The smallest absolute Gasteiger partial charge is 0.284 e. The van der Waals surface area contributed by atoms with Gasteiger partial charge in [0.25, 0.3) is 5.91 Å². The number of benzene rings is 1. The standard InChI is InChI=1S/C12H10ClNO3/c13-8-1-3-9(4-2-8)16-7-10-5-6-11(17-10)12(14)15/h1-6H,7H2,(H2,14,15). The van der Waals surface area contributed by atoms with Crippen molar-refractivity contribution >= 4 is 17.5 Å². The van der Waals surface area contributed by atoms with Crippen LogP contribution in [0, 0.1) is 0 Å². The molecule has 0 saturated heterocycles. The molecule has 0 saturated carbocycles. The summed E-state index contributed by atoms with van der Waals surface area (Å²) in [7, 11) is 0. The lowest BCUT2D eigenvalue weighted by Gasteiger charge is -2.03. The number of rotatable bonds is 4. The summed E-state index contributed by atoms with van der Waals surface area (Å²) in [5, 5.41) is 0.645. The predicted molar refractivity (Wildman–Crippen MR) is 63.0 cm³/mol. The first kappa shape index (κ1) is 11.5. The van der Waals surface area contributed by atoms with Gasteiger partial charge >= 0.3 is 0 Å². The monoisotopic (exact) mass is 251 g/mol. The minimum atomic E-state index is -0.595. The van der Waals surface area contributed by atoms with Crippen molar-refractivity contribution in [2.24, 2.45) is 5.73 Å². The lowest BCUT2D eigenvalue weighted by molar-refractivity contribution is 0.0970. The fourth-order valence-electron chi connectivity index (χ4n) is 1.27. The molecule has 2 N–H and O–H groups in total. The van der Waals surface area contributed by atoms with Crippen LogP contribution >= 0.6 is 11.6 Å². The molecule has 5 heteroatoms. The second-order valence-electron chi connectivity index (χ2n) is 3.37. The Kier molecular flexibility index (Phi) is 3.35. The van der Waals surface area contributed by atoms with Gasteiger partial charge in [0.05, 0.1) is 0 Å². The Bertz CT molecular complexity index is 519. The molecule has 0 fully saturated rings. The largest absolute Gasteiger partial charge is 0.486 e. The number of hydrogen-bond donors (Lipinski definition) is 1. The van der Waals surface area contributed by atoms with Gasteiger partial charge in [0.15, 0.2) is 5.76 Å². The maximum absolute atomic E-state index is 10.8. The highest BCUT2D eigenvalue weighted by Crippen LogP contribution is 2.17. The molecule has 0 radical (unpaired) electrons. The molecule has 17 heavy (non-hydrogen) atoms. The molecule has 0 aliphatic carbocycles. The summed E-state index contributed by atoms with van der Waals surface area (Å²) in [6, 6.07) is 10.1. The van der Waals surface area contributed by atoms with Gasteiger partial charge in [-0.1, -0.05) is 11.6 Å². The summed E-state index contributed by atoms with van der Waals surface area (Å²) in [4.78, 5) is 10.8. The summed E-state index contributed by atoms with van der Waals surface area (Å²) in [6.07, 6.45) is 0. The van der Waals surface area contributed by atoms with Crippen molar-refractivity contribution in [3.05, 3.63) is 52.9 Å². The van der Waals surface area contributed by atoms with Crippen LogP contribution in [-0.2, 0) is 6.61 Å². The Morgan fingerprint density at radius 2 is 1.94 bits per heavy atom. The molecule has 0 unspecified atom stereocenters. The average molecular weight is 252 g/mol. The van der Waals surface area contributed by atoms with Crippen LogP contribution in [0.3, 0.4) is 0 Å². The van der Waals surface area contributed by atoms with Crippen LogP contribution in [0.5, 0.6) is 5.75 Å². The zero-order valence-electron chi connectivity index (χ0n) is 8.85. The van der Waals surface area contributed by atoms with Crippen LogP contribution in [0.2, 0.25) is 5.02 Å². The maximum Gasteiger partial charge on any atom is 0.284 e. The Balaban J connectivity index is 1.97. The van der Waals surface area contributed by atoms with Crippen LogP contribution in [0.1, 0.15) is 16.3 Å². The molecule has 1 heterocycles. The van der Waals surface area contributed by atoms with Gasteiger partial charge in [-0.05, 0) is 36.4 Å². The highest BCUT2D eigenvalue weighted by atomic mass is 35.5. The lowest BCUT2D eigenvalue weighted by Crippen LogP contribution is -2.09. The quantitative estimate of drug-likeness (QED) is 0.908. The fraction of sp³-hybridized carbons (Fsp3) is 0.0833. The maximum atomic E-state index is 10.8. The first-order valence-electron chi connectivity index (χ1n) is 4.92. The van der Waals surface area contributed by atoms with Gasteiger partial charge in [0.1, 0.15) is 18.1 Å². The van der Waals surface area contributed by atoms with E-state index in [2.05, 4.69) is 0 Å². The molecule has 2 rings (SSSR count). The first-order valence-corrected chi connectivity index (χ1v) is 5.30. The van der Waals surface area contributed by atoms with Crippen molar-refractivity contribution in [1.29, 1.82) is 0 Å². The Labute approximate surface area is 103 Å². The van der Waals surface area contributed by atoms with E-state index < -0.39 is 5.91 Å². The van der Waals surface area contributed by atoms with Gasteiger partial charge in [-0.25, -0.2) is 0 Å². The Hall–Kier alpha value is -1.94. The van der Waals surface area contributed by atoms with Crippen molar-refractivity contribution in [3.8, 4) is 5.75 Å². The predicted octanol–water partition coefficient (Wildman–Crippen LogP) is 2.61. The van der Waals surface area contributed by atoms with Crippen molar-refractivity contribution in [3.63, 3.8) is 0 Å². The lowest BCUT2D eigenvalue weighted by atomic mass is 10.3. The number of hydrogen-bond acceptors (Lipinski definition) is 3. The van der Waals surface area contributed by atoms with Crippen molar-refractivity contribution < 1.29 is 13.9 Å². The van der Waals surface area contributed by atoms with E-state index in [1.807, 2.05) is 0 Å². The number of carbonyl (C=O) groups is 1. The summed E-state index contributed by atoms with van der Waals surface area (Å²) >= 11 is 5.74. The molecular formula is C12H10ClNO3. The van der Waals surface area contributed by atoms with Crippen LogP contribution in [0.25, 0.3) is 0 Å². The third kappa shape index (κ3) is 3.01. The molecule has 1 amide bonds. The van der Waals surface area contributed by atoms with E-state index in [1.54, 1.807) is 30.3 Å². The summed E-state index contributed by atoms with van der Waals surface area (Å²) < 4.78 is 10.6. The highest BCUT2D eigenvalue weighted by Gasteiger charge is 2.07. The van der Waals surface area contributed by atoms with E-state index in [0.717, 1.165) is 0 Å². The third-order valence-corrected chi connectivity index (χ3v) is 2.35. The number of ether oxygens (including phenoxy) is 1. The van der Waals surface area contributed by atoms with Crippen molar-refractivity contribution in [2.75, 3.05) is 0 Å². The molecule has 4 nitrogen and oxygen atoms in total. The minimum Gasteiger partial charge on any atom is -0.486 e. The normalized spacial score (nSPS) is 10.2. The van der Waals surface area contributed by atoms with Gasteiger partial charge in [-0.3, -0.25) is 4.79 Å². The minimum absolute atomic E-state index is 0.125. The molecule has 0 spiro atoms. The molecule has 1 aromatic carbocycles. The van der Waals surface area contributed by atoms with Gasteiger partial charge in [-0.15, -0.1) is 0 Å². The molecule has 1 aromatic heterocycles. The van der Waals surface area contributed by atoms with Crippen LogP contribution in [0.4, 0.5) is 0 Å². The topological polar surface area (TPSA) is 65.5 Å². The van der Waals surface area contributed by atoms with Crippen molar-refractivity contribution in [1.82, 2.24) is 0 Å². The Morgan fingerprint density at radius 1 is 1.24 bits per heavy atom. The average Bonchev–Trinajstić information content (AvgIpc) is 2.77. The molecule has 0 bridgehead atoms. The summed E-state index contributed by atoms with van der Waals surface area (Å²) in [5.74, 6) is 0.739. The zero-order chi connectivity index (χ0) is 12.3. The van der Waals surface area contributed by atoms with Crippen LogP contribution in [0.15, 0.2) is 40.8 Å². The first-order chi connectivity index (χ1) is 8.15. The van der Waals surface area contributed by atoms with E-state index in [9.17, 15) is 4.79 Å². The second kappa shape index (κ2) is 4.93. The summed E-state index contributed by atoms with van der Waals surface area (Å²) in [5.41, 5.74) is 5.06. The van der Waals surface area contributed by atoms with E-state index in [4.69, 9.17) is 26.5 Å². The van der Waals surface area contributed by atoms with E-state index in [-0.39, 0.29) is 12.4 Å². The SMILES string of the molecule is NC(=O)c1ccc(COc2ccc(Cl)cc2)o1. The van der Waals surface area contributed by atoms with E-state index >= 15 is 0 Å². The second-order valence-corrected chi connectivity index (χ2v) is 3.81. The molecule has 0 aliphatic heterocycles. The number of primary amides is 1. The number of furan rings is 1. The third-order valence-electron chi connectivity index (χ3n) is 2.10. The number of amides is 1. The van der Waals surface area contributed by atoms with Gasteiger partial charge < -0.3 is 14.9 Å². The van der Waals surface area contributed by atoms with Crippen molar-refractivity contribution in [2.45, 2.75) is 6.61 Å². The fourth-order valence-corrected chi connectivity index (χ4v) is 1.40. The van der Waals surface area contributed by atoms with E-state index in [1.165, 1.54) is 6.07 Å². The number of carbonyl (C=O) groups excluding carboxylic acids is 1. The van der Waals surface area contributed by atoms with Crippen LogP contribution < -0.4 is 10.5 Å². The molecule has 0 aliphatic rings. The van der Waals surface area contributed by atoms with E-state index in [0.29, 0.717) is 16.5 Å². The molecule has 0 atom stereocenters. The molecular weight excluding hydrogens is 242 g/mol. The van der Waals surface area contributed by atoms with Gasteiger partial charge in [0.2, 0.25) is 0 Å². The number of nitrogens with two attached hydrogens (primary N) is 1. The van der Waals surface area contributed by atoms with Gasteiger partial charge in [0, 0.05) is 5.02 Å². The van der Waals surface area contributed by atoms with Gasteiger partial charge in [-0.2, -0.15) is 0 Å².